The van der Waals surface area contributed by atoms with E-state index in [1.807, 2.05) is 24.4 Å². The molecule has 0 spiro atoms. The summed E-state index contributed by atoms with van der Waals surface area (Å²) in [4.78, 5) is 16.9. The van der Waals surface area contributed by atoms with Crippen molar-refractivity contribution in [3.05, 3.63) is 47.2 Å². The van der Waals surface area contributed by atoms with Gasteiger partial charge in [0.2, 0.25) is 0 Å². The minimum Gasteiger partial charge on any atom is -0.382 e. The Kier molecular flexibility index (Phi) is 7.34. The lowest BCUT2D eigenvalue weighted by Gasteiger charge is -2.29. The molecule has 1 aliphatic rings. The maximum Gasteiger partial charge on any atom is 0.251 e. The average Bonchev–Trinajstić information content (AvgIpc) is 3.55. The van der Waals surface area contributed by atoms with E-state index in [-0.39, 0.29) is 23.9 Å². The second-order valence-corrected chi connectivity index (χ2v) is 11.9. The van der Waals surface area contributed by atoms with Crippen molar-refractivity contribution in [1.82, 2.24) is 30.1 Å². The number of nitriles is 1. The van der Waals surface area contributed by atoms with Gasteiger partial charge in [0.1, 0.15) is 16.7 Å². The number of aliphatic hydroxyl groups is 1. The molecule has 39 heavy (non-hydrogen) atoms. The summed E-state index contributed by atoms with van der Waals surface area (Å²) in [5.41, 5.74) is 3.37. The lowest BCUT2D eigenvalue weighted by atomic mass is 9.86. The predicted molar refractivity (Wildman–Crippen MR) is 150 cm³/mol. The van der Waals surface area contributed by atoms with Crippen LogP contribution in [0.4, 0.5) is 5.69 Å². The largest absolute Gasteiger partial charge is 0.382 e. The highest BCUT2D eigenvalue weighted by molar-refractivity contribution is 7.14. The molecule has 0 radical (unpaired) electrons. The van der Waals surface area contributed by atoms with Gasteiger partial charge in [-0.1, -0.05) is 11.3 Å². The number of nitrogens with zero attached hydrogens (tertiary/aromatic N) is 6. The molecule has 0 atom stereocenters. The van der Waals surface area contributed by atoms with Crippen molar-refractivity contribution in [2.45, 2.75) is 77.0 Å². The summed E-state index contributed by atoms with van der Waals surface area (Å²) in [5, 5.41) is 40.9. The van der Waals surface area contributed by atoms with Gasteiger partial charge in [-0.2, -0.15) is 10.4 Å². The summed E-state index contributed by atoms with van der Waals surface area (Å²) in [6.07, 6.45) is 6.87. The normalized spacial score (nSPS) is 17.8. The number of pyridine rings is 1. The fraction of sp³-hybridized carbons (Fsp3) is 0.429. The van der Waals surface area contributed by atoms with Gasteiger partial charge in [0.05, 0.1) is 34.2 Å². The summed E-state index contributed by atoms with van der Waals surface area (Å²) in [6.45, 7) is 7.18. The number of anilines is 1. The van der Waals surface area contributed by atoms with E-state index in [2.05, 4.69) is 45.8 Å². The molecule has 1 amide bonds. The Labute approximate surface area is 231 Å². The highest BCUT2D eigenvalue weighted by atomic mass is 32.1. The Hall–Kier alpha value is -3.88. The van der Waals surface area contributed by atoms with Crippen LogP contribution in [-0.2, 0) is 4.79 Å². The van der Waals surface area contributed by atoms with Crippen LogP contribution in [0.1, 0.15) is 69.9 Å². The van der Waals surface area contributed by atoms with Gasteiger partial charge < -0.3 is 15.7 Å². The van der Waals surface area contributed by atoms with Gasteiger partial charge in [-0.3, -0.25) is 9.78 Å². The topological polar surface area (TPSA) is 141 Å². The number of carbonyl (C=O) groups excluding carboxylic acids is 1. The molecule has 5 rings (SSSR count). The third-order valence-corrected chi connectivity index (χ3v) is 8.00. The summed E-state index contributed by atoms with van der Waals surface area (Å²) in [7, 11) is 0. The number of nitrogens with one attached hydrogen (secondary N) is 2. The highest BCUT2D eigenvalue weighted by Gasteiger charge is 2.30. The number of rotatable bonds is 7. The second-order valence-electron chi connectivity index (χ2n) is 10.9. The Bertz CT molecular complexity index is 1540. The zero-order valence-electron chi connectivity index (χ0n) is 22.5. The Morgan fingerprint density at radius 3 is 2.64 bits per heavy atom. The molecular formula is C28H32N8O2S. The molecule has 1 aliphatic carbocycles. The van der Waals surface area contributed by atoms with Gasteiger partial charge in [-0.25, -0.2) is 4.52 Å². The van der Waals surface area contributed by atoms with Gasteiger partial charge in [0.15, 0.2) is 5.01 Å². The molecule has 3 N–H and O–H groups in total. The molecule has 0 bridgehead atoms. The number of hydrogen-bond donors (Lipinski definition) is 3. The fourth-order valence-corrected chi connectivity index (χ4v) is 5.84. The average molecular weight is 545 g/mol. The predicted octanol–water partition coefficient (Wildman–Crippen LogP) is 4.52. The van der Waals surface area contributed by atoms with Crippen LogP contribution in [0, 0.1) is 11.3 Å². The van der Waals surface area contributed by atoms with E-state index in [4.69, 9.17) is 4.98 Å². The van der Waals surface area contributed by atoms with Crippen LogP contribution in [0.3, 0.4) is 0 Å². The highest BCUT2D eigenvalue weighted by Crippen LogP contribution is 2.39. The van der Waals surface area contributed by atoms with Crippen molar-refractivity contribution < 1.29 is 9.90 Å². The van der Waals surface area contributed by atoms with Crippen LogP contribution in [-0.4, -0.2) is 53.5 Å². The minimum atomic E-state index is -1.37. The van der Waals surface area contributed by atoms with Crippen LogP contribution < -0.4 is 10.6 Å². The summed E-state index contributed by atoms with van der Waals surface area (Å²) < 4.78 is 1.78. The summed E-state index contributed by atoms with van der Waals surface area (Å²) >= 11 is 1.59. The molecule has 4 aromatic heterocycles. The first kappa shape index (κ1) is 26.7. The summed E-state index contributed by atoms with van der Waals surface area (Å²) in [6, 6.07) is 10.1. The summed E-state index contributed by atoms with van der Waals surface area (Å²) in [5.74, 6) is -0.0436. The molecule has 1 saturated carbocycles. The van der Waals surface area contributed by atoms with Gasteiger partial charge in [-0.05, 0) is 77.6 Å². The van der Waals surface area contributed by atoms with E-state index < -0.39 is 5.60 Å². The number of aromatic nitrogens is 5. The maximum atomic E-state index is 12.1. The fourth-order valence-electron chi connectivity index (χ4n) is 4.81. The Morgan fingerprint density at radius 2 is 1.95 bits per heavy atom. The van der Waals surface area contributed by atoms with Gasteiger partial charge in [-0.15, -0.1) is 10.2 Å². The van der Waals surface area contributed by atoms with E-state index in [0.29, 0.717) is 5.56 Å². The van der Waals surface area contributed by atoms with Crippen LogP contribution in [0.25, 0.3) is 27.5 Å². The van der Waals surface area contributed by atoms with E-state index in [1.54, 1.807) is 28.1 Å². The molecule has 11 heteroatoms. The molecule has 10 nitrogen and oxygen atoms in total. The van der Waals surface area contributed by atoms with Crippen LogP contribution in [0.5, 0.6) is 0 Å². The lowest BCUT2D eigenvalue weighted by molar-refractivity contribution is -0.137. The third kappa shape index (κ3) is 5.77. The first-order valence-electron chi connectivity index (χ1n) is 13.1. The minimum absolute atomic E-state index is 0.0669. The molecule has 0 aromatic carbocycles. The van der Waals surface area contributed by atoms with E-state index in [9.17, 15) is 15.2 Å². The quantitative estimate of drug-likeness (QED) is 0.308. The molecule has 0 unspecified atom stereocenters. The van der Waals surface area contributed by atoms with Crippen LogP contribution in [0.15, 0.2) is 36.7 Å². The van der Waals surface area contributed by atoms with Crippen molar-refractivity contribution in [2.75, 3.05) is 5.32 Å². The zero-order chi connectivity index (χ0) is 27.7. The van der Waals surface area contributed by atoms with Crippen LogP contribution >= 0.6 is 11.3 Å². The molecule has 202 valence electrons. The van der Waals surface area contributed by atoms with Crippen molar-refractivity contribution in [3.63, 3.8) is 0 Å². The van der Waals surface area contributed by atoms with Gasteiger partial charge in [0, 0.05) is 29.9 Å². The zero-order valence-corrected chi connectivity index (χ0v) is 23.3. The second kappa shape index (κ2) is 10.7. The number of amides is 1. The number of hydrogen-bond acceptors (Lipinski definition) is 9. The Morgan fingerprint density at radius 1 is 1.18 bits per heavy atom. The molecule has 1 fully saturated rings. The number of carbonyl (C=O) groups is 1. The molecule has 0 aliphatic heterocycles. The van der Waals surface area contributed by atoms with E-state index in [0.717, 1.165) is 63.9 Å². The number of fused-ring (bicyclic) bond motifs is 1. The van der Waals surface area contributed by atoms with E-state index in [1.165, 1.54) is 13.8 Å². The molecular weight excluding hydrogens is 512 g/mol. The van der Waals surface area contributed by atoms with Gasteiger partial charge >= 0.3 is 0 Å². The van der Waals surface area contributed by atoms with Crippen LogP contribution in [0.2, 0.25) is 0 Å². The standard InChI is InChI=1S/C28H32N8O2S/c1-16(2)32-22-12-23(24-10-9-20-11-17(13-29)14-31-36(20)24)30-15-21(22)26-35-34-25(39-26)18-5-7-19(8-6-18)33-27(37)28(3,4)38/h9-12,14-16,18-19,38H,5-8H2,1-4H3,(H,30,32)(H,33,37)/t18-,19+. The monoisotopic (exact) mass is 544 g/mol. The molecule has 0 saturated heterocycles. The van der Waals surface area contributed by atoms with Crippen molar-refractivity contribution in [3.8, 4) is 28.0 Å². The lowest BCUT2D eigenvalue weighted by Crippen LogP contribution is -2.47. The van der Waals surface area contributed by atoms with E-state index >= 15 is 0 Å². The smallest absolute Gasteiger partial charge is 0.251 e. The van der Waals surface area contributed by atoms with Crippen molar-refractivity contribution in [2.24, 2.45) is 0 Å². The third-order valence-electron chi connectivity index (χ3n) is 6.88. The molecule has 4 aromatic rings. The van der Waals surface area contributed by atoms with Gasteiger partial charge in [0.25, 0.3) is 5.91 Å². The maximum absolute atomic E-state index is 12.1. The Balaban J connectivity index is 1.36. The van der Waals surface area contributed by atoms with Crippen molar-refractivity contribution >= 4 is 28.4 Å². The van der Waals surface area contributed by atoms with Crippen molar-refractivity contribution in [1.29, 1.82) is 5.26 Å². The first-order chi connectivity index (χ1) is 18.6. The SMILES string of the molecule is CC(C)Nc1cc(-c2ccc3cc(C#N)cnn23)ncc1-c1nnc([C@H]2CC[C@@H](NC(=O)C(C)(C)O)CC2)s1. The first-order valence-corrected chi connectivity index (χ1v) is 14.0. The molecule has 4 heterocycles.